The van der Waals surface area contributed by atoms with E-state index in [4.69, 9.17) is 4.74 Å². The first-order valence-electron chi connectivity index (χ1n) is 6.29. The zero-order valence-electron chi connectivity index (χ0n) is 11.0. The maximum absolute atomic E-state index is 13.0. The van der Waals surface area contributed by atoms with Crippen molar-refractivity contribution in [3.05, 3.63) is 58.6 Å². The van der Waals surface area contributed by atoms with Crippen molar-refractivity contribution >= 4 is 21.6 Å². The van der Waals surface area contributed by atoms with Gasteiger partial charge in [0.2, 0.25) is 0 Å². The second-order valence-corrected chi connectivity index (χ2v) is 5.37. The molecule has 2 rings (SSSR count). The summed E-state index contributed by atoms with van der Waals surface area (Å²) in [4.78, 5) is 0. The van der Waals surface area contributed by atoms with E-state index in [1.807, 2.05) is 12.1 Å². The fourth-order valence-electron chi connectivity index (χ4n) is 1.67. The first-order chi connectivity index (χ1) is 10.0. The highest BCUT2D eigenvalue weighted by Gasteiger charge is 2.07. The highest BCUT2D eigenvalue weighted by Crippen LogP contribution is 2.16. The van der Waals surface area contributed by atoms with Gasteiger partial charge in [-0.15, -0.1) is 0 Å². The van der Waals surface area contributed by atoms with Crippen LogP contribution in [0, 0.1) is 11.6 Å². The van der Waals surface area contributed by atoms with Crippen molar-refractivity contribution in [1.29, 1.82) is 0 Å². The molecule has 0 aliphatic carbocycles. The zero-order chi connectivity index (χ0) is 15.2. The molecule has 2 aromatic rings. The van der Waals surface area contributed by atoms with Gasteiger partial charge >= 0.3 is 0 Å². The SMILES string of the molecule is OC(CNc1cc(F)cc(F)c1)COc1ccc(Br)cc1. The number of nitrogens with one attached hydrogen (secondary N) is 1. The number of aliphatic hydroxyl groups excluding tert-OH is 1. The second kappa shape index (κ2) is 7.38. The molecule has 3 nitrogen and oxygen atoms in total. The summed E-state index contributed by atoms with van der Waals surface area (Å²) >= 11 is 3.31. The molecule has 21 heavy (non-hydrogen) atoms. The molecule has 2 aromatic carbocycles. The normalized spacial score (nSPS) is 12.0. The Balaban J connectivity index is 1.79. The van der Waals surface area contributed by atoms with Gasteiger partial charge < -0.3 is 15.2 Å². The molecule has 2 N–H and O–H groups in total. The number of halogens is 3. The molecule has 0 heterocycles. The molecule has 112 valence electrons. The van der Waals surface area contributed by atoms with Crippen LogP contribution >= 0.6 is 15.9 Å². The molecule has 0 fully saturated rings. The number of hydrogen-bond acceptors (Lipinski definition) is 3. The zero-order valence-corrected chi connectivity index (χ0v) is 12.6. The summed E-state index contributed by atoms with van der Waals surface area (Å²) in [7, 11) is 0. The molecule has 0 saturated carbocycles. The van der Waals surface area contributed by atoms with Crippen LogP contribution in [0.3, 0.4) is 0 Å². The lowest BCUT2D eigenvalue weighted by atomic mass is 10.3. The standard InChI is InChI=1S/C15H14BrF2NO2/c16-10-1-3-15(4-2-10)21-9-14(20)8-19-13-6-11(17)5-12(18)7-13/h1-7,14,19-20H,8-9H2. The Bertz CT molecular complexity index is 572. The second-order valence-electron chi connectivity index (χ2n) is 4.46. The largest absolute Gasteiger partial charge is 0.491 e. The average Bonchev–Trinajstić information content (AvgIpc) is 2.43. The van der Waals surface area contributed by atoms with Crippen molar-refractivity contribution in [1.82, 2.24) is 0 Å². The molecule has 0 aliphatic heterocycles. The monoisotopic (exact) mass is 357 g/mol. The summed E-state index contributed by atoms with van der Waals surface area (Å²) in [5.41, 5.74) is 0.273. The third-order valence-electron chi connectivity index (χ3n) is 2.66. The number of benzene rings is 2. The number of aliphatic hydroxyl groups is 1. The summed E-state index contributed by atoms with van der Waals surface area (Å²) in [6.45, 7) is 0.200. The highest BCUT2D eigenvalue weighted by atomic mass is 79.9. The average molecular weight is 358 g/mol. The van der Waals surface area contributed by atoms with E-state index in [0.29, 0.717) is 5.75 Å². The van der Waals surface area contributed by atoms with Crippen molar-refractivity contribution in [2.24, 2.45) is 0 Å². The Morgan fingerprint density at radius 3 is 2.33 bits per heavy atom. The predicted molar refractivity (Wildman–Crippen MR) is 80.5 cm³/mol. The third kappa shape index (κ3) is 5.32. The first-order valence-corrected chi connectivity index (χ1v) is 7.08. The van der Waals surface area contributed by atoms with E-state index in [9.17, 15) is 13.9 Å². The molecule has 0 saturated heterocycles. The minimum Gasteiger partial charge on any atom is -0.491 e. The Morgan fingerprint density at radius 2 is 1.71 bits per heavy atom. The molecule has 0 spiro atoms. The maximum Gasteiger partial charge on any atom is 0.128 e. The lowest BCUT2D eigenvalue weighted by Crippen LogP contribution is -2.26. The van der Waals surface area contributed by atoms with Crippen LogP contribution in [-0.4, -0.2) is 24.4 Å². The van der Waals surface area contributed by atoms with Gasteiger partial charge in [0.05, 0.1) is 0 Å². The predicted octanol–water partition coefficient (Wildman–Crippen LogP) is 3.58. The van der Waals surface area contributed by atoms with Gasteiger partial charge in [-0.2, -0.15) is 0 Å². The summed E-state index contributed by atoms with van der Waals surface area (Å²) in [5.74, 6) is -0.703. The van der Waals surface area contributed by atoms with Crippen molar-refractivity contribution < 1.29 is 18.6 Å². The lowest BCUT2D eigenvalue weighted by molar-refractivity contribution is 0.117. The van der Waals surface area contributed by atoms with Crippen LogP contribution in [0.15, 0.2) is 46.9 Å². The van der Waals surface area contributed by atoms with Crippen LogP contribution in [-0.2, 0) is 0 Å². The molecule has 0 aliphatic rings. The molecule has 0 radical (unpaired) electrons. The smallest absolute Gasteiger partial charge is 0.128 e. The van der Waals surface area contributed by atoms with Crippen LogP contribution in [0.2, 0.25) is 0 Å². The van der Waals surface area contributed by atoms with E-state index in [0.717, 1.165) is 22.7 Å². The third-order valence-corrected chi connectivity index (χ3v) is 3.19. The van der Waals surface area contributed by atoms with E-state index < -0.39 is 17.7 Å². The first kappa shape index (κ1) is 15.7. The fourth-order valence-corrected chi connectivity index (χ4v) is 1.94. The van der Waals surface area contributed by atoms with E-state index in [1.54, 1.807) is 12.1 Å². The Morgan fingerprint density at radius 1 is 1.10 bits per heavy atom. The van der Waals surface area contributed by atoms with Gasteiger partial charge in [-0.1, -0.05) is 15.9 Å². The molecular formula is C15H14BrF2NO2. The minimum atomic E-state index is -0.806. The van der Waals surface area contributed by atoms with Crippen LogP contribution < -0.4 is 10.1 Å². The van der Waals surface area contributed by atoms with Gasteiger partial charge in [-0.25, -0.2) is 8.78 Å². The fraction of sp³-hybridized carbons (Fsp3) is 0.200. The van der Waals surface area contributed by atoms with Crippen LogP contribution in [0.25, 0.3) is 0 Å². The summed E-state index contributed by atoms with van der Waals surface area (Å²) < 4.78 is 32.3. The molecule has 0 bridgehead atoms. The summed E-state index contributed by atoms with van der Waals surface area (Å²) in [6.07, 6.45) is -0.806. The van der Waals surface area contributed by atoms with E-state index >= 15 is 0 Å². The molecule has 1 unspecified atom stereocenters. The van der Waals surface area contributed by atoms with Crippen molar-refractivity contribution in [2.75, 3.05) is 18.5 Å². The Labute approximate surface area is 129 Å². The van der Waals surface area contributed by atoms with E-state index in [1.165, 1.54) is 0 Å². The highest BCUT2D eigenvalue weighted by molar-refractivity contribution is 9.10. The quantitative estimate of drug-likeness (QED) is 0.830. The molecule has 0 amide bonds. The van der Waals surface area contributed by atoms with Crippen molar-refractivity contribution in [3.8, 4) is 5.75 Å². The van der Waals surface area contributed by atoms with Gasteiger partial charge in [0, 0.05) is 22.8 Å². The van der Waals surface area contributed by atoms with Gasteiger partial charge in [-0.05, 0) is 36.4 Å². The number of rotatable bonds is 6. The van der Waals surface area contributed by atoms with E-state index in [2.05, 4.69) is 21.2 Å². The van der Waals surface area contributed by atoms with Crippen LogP contribution in [0.5, 0.6) is 5.75 Å². The topological polar surface area (TPSA) is 41.5 Å². The van der Waals surface area contributed by atoms with E-state index in [-0.39, 0.29) is 18.8 Å². The summed E-state index contributed by atoms with van der Waals surface area (Å²) in [5, 5.41) is 12.5. The number of anilines is 1. The lowest BCUT2D eigenvalue weighted by Gasteiger charge is -2.14. The maximum atomic E-state index is 13.0. The van der Waals surface area contributed by atoms with Gasteiger partial charge in [0.1, 0.15) is 30.1 Å². The van der Waals surface area contributed by atoms with Crippen molar-refractivity contribution in [2.45, 2.75) is 6.10 Å². The molecule has 6 heteroatoms. The number of hydrogen-bond donors (Lipinski definition) is 2. The minimum absolute atomic E-state index is 0.0758. The summed E-state index contributed by atoms with van der Waals surface area (Å²) in [6, 6.07) is 10.3. The Hall–Kier alpha value is -1.66. The van der Waals surface area contributed by atoms with Gasteiger partial charge in [-0.3, -0.25) is 0 Å². The van der Waals surface area contributed by atoms with Crippen LogP contribution in [0.1, 0.15) is 0 Å². The van der Waals surface area contributed by atoms with Gasteiger partial charge in [0.25, 0.3) is 0 Å². The van der Waals surface area contributed by atoms with Crippen molar-refractivity contribution in [3.63, 3.8) is 0 Å². The number of ether oxygens (including phenoxy) is 1. The van der Waals surface area contributed by atoms with Gasteiger partial charge in [0.15, 0.2) is 0 Å². The Kier molecular flexibility index (Phi) is 5.52. The molecule has 0 aromatic heterocycles. The van der Waals surface area contributed by atoms with Crippen LogP contribution in [0.4, 0.5) is 14.5 Å². The molecular weight excluding hydrogens is 344 g/mol. The molecule has 1 atom stereocenters.